The van der Waals surface area contributed by atoms with Crippen molar-refractivity contribution in [3.8, 4) is 0 Å². The summed E-state index contributed by atoms with van der Waals surface area (Å²) in [5.74, 6) is 0.0691. The molecular formula is C19H21N5O3. The first-order valence-corrected chi connectivity index (χ1v) is 8.87. The third kappa shape index (κ3) is 3.35. The number of carbonyl (C=O) groups is 1. The van der Waals surface area contributed by atoms with Gasteiger partial charge in [-0.1, -0.05) is 25.1 Å². The summed E-state index contributed by atoms with van der Waals surface area (Å²) in [4.78, 5) is 25.0. The SMILES string of the molecule is Cc1nc(N)nc2c1ncn2C1OC(COC(=O)c2ccccc2)CC1C. The number of carbonyl (C=O) groups excluding carboxylic acids is 1. The summed E-state index contributed by atoms with van der Waals surface area (Å²) < 4.78 is 13.4. The van der Waals surface area contributed by atoms with Crippen LogP contribution in [0.3, 0.4) is 0 Å². The Hall–Kier alpha value is -3.00. The molecule has 0 amide bonds. The zero-order valence-electron chi connectivity index (χ0n) is 15.2. The number of rotatable bonds is 4. The van der Waals surface area contributed by atoms with Gasteiger partial charge in [0.2, 0.25) is 5.95 Å². The number of nitrogen functional groups attached to an aromatic ring is 1. The summed E-state index contributed by atoms with van der Waals surface area (Å²) in [6, 6.07) is 8.93. The van der Waals surface area contributed by atoms with E-state index in [9.17, 15) is 4.79 Å². The molecule has 0 saturated carbocycles. The molecule has 0 spiro atoms. The van der Waals surface area contributed by atoms with Gasteiger partial charge >= 0.3 is 5.97 Å². The van der Waals surface area contributed by atoms with Crippen LogP contribution < -0.4 is 5.73 Å². The molecule has 1 aromatic carbocycles. The Labute approximate surface area is 156 Å². The minimum absolute atomic E-state index is 0.185. The van der Waals surface area contributed by atoms with Crippen molar-refractivity contribution in [2.24, 2.45) is 5.92 Å². The second kappa shape index (κ2) is 6.96. The van der Waals surface area contributed by atoms with Crippen LogP contribution in [0, 0.1) is 12.8 Å². The zero-order chi connectivity index (χ0) is 19.0. The molecule has 0 radical (unpaired) electrons. The molecule has 8 nitrogen and oxygen atoms in total. The van der Waals surface area contributed by atoms with Gasteiger partial charge in [0.15, 0.2) is 5.65 Å². The molecule has 27 heavy (non-hydrogen) atoms. The molecule has 4 rings (SSSR count). The Balaban J connectivity index is 1.47. The number of fused-ring (bicyclic) bond motifs is 1. The van der Waals surface area contributed by atoms with E-state index >= 15 is 0 Å². The first-order valence-electron chi connectivity index (χ1n) is 8.87. The number of aryl methyl sites for hydroxylation is 1. The molecule has 3 unspecified atom stereocenters. The van der Waals surface area contributed by atoms with Crippen molar-refractivity contribution >= 4 is 23.1 Å². The Morgan fingerprint density at radius 3 is 2.89 bits per heavy atom. The number of imidazole rings is 1. The molecule has 8 heteroatoms. The lowest BCUT2D eigenvalue weighted by molar-refractivity contribution is -0.0376. The smallest absolute Gasteiger partial charge is 0.338 e. The molecule has 3 atom stereocenters. The van der Waals surface area contributed by atoms with Crippen molar-refractivity contribution in [1.29, 1.82) is 0 Å². The Morgan fingerprint density at radius 2 is 2.11 bits per heavy atom. The van der Waals surface area contributed by atoms with Crippen LogP contribution in [0.1, 0.15) is 35.6 Å². The highest BCUT2D eigenvalue weighted by Crippen LogP contribution is 2.36. The molecule has 140 valence electrons. The summed E-state index contributed by atoms with van der Waals surface area (Å²) in [7, 11) is 0. The number of hydrogen-bond donors (Lipinski definition) is 1. The molecule has 1 fully saturated rings. The maximum Gasteiger partial charge on any atom is 0.338 e. The van der Waals surface area contributed by atoms with Crippen molar-refractivity contribution in [2.45, 2.75) is 32.6 Å². The summed E-state index contributed by atoms with van der Waals surface area (Å²) in [5, 5.41) is 0. The topological polar surface area (TPSA) is 105 Å². The molecule has 2 aromatic heterocycles. The van der Waals surface area contributed by atoms with E-state index in [0.29, 0.717) is 16.7 Å². The van der Waals surface area contributed by atoms with Gasteiger partial charge in [-0.2, -0.15) is 4.98 Å². The molecule has 1 aliphatic rings. The maximum atomic E-state index is 12.1. The van der Waals surface area contributed by atoms with Gasteiger partial charge in [-0.05, 0) is 25.5 Å². The molecule has 3 heterocycles. The average Bonchev–Trinajstić information content (AvgIpc) is 3.23. The number of anilines is 1. The van der Waals surface area contributed by atoms with Gasteiger partial charge in [-0.3, -0.25) is 4.57 Å². The van der Waals surface area contributed by atoms with Crippen LogP contribution in [0.4, 0.5) is 5.95 Å². The lowest BCUT2D eigenvalue weighted by Crippen LogP contribution is -2.19. The fraction of sp³-hybridized carbons (Fsp3) is 0.368. The zero-order valence-corrected chi connectivity index (χ0v) is 15.2. The van der Waals surface area contributed by atoms with Gasteiger partial charge < -0.3 is 15.2 Å². The monoisotopic (exact) mass is 367 g/mol. The van der Waals surface area contributed by atoms with Gasteiger partial charge in [0.25, 0.3) is 0 Å². The molecule has 2 N–H and O–H groups in total. The fourth-order valence-corrected chi connectivity index (χ4v) is 3.46. The fourth-order valence-electron chi connectivity index (χ4n) is 3.46. The van der Waals surface area contributed by atoms with Gasteiger partial charge in [0, 0.05) is 5.92 Å². The van der Waals surface area contributed by atoms with E-state index in [2.05, 4.69) is 21.9 Å². The minimum Gasteiger partial charge on any atom is -0.459 e. The van der Waals surface area contributed by atoms with E-state index in [1.54, 1.807) is 30.6 Å². The van der Waals surface area contributed by atoms with Crippen LogP contribution in [0.15, 0.2) is 36.7 Å². The quantitative estimate of drug-likeness (QED) is 0.706. The highest BCUT2D eigenvalue weighted by atomic mass is 16.6. The minimum atomic E-state index is -0.348. The predicted molar refractivity (Wildman–Crippen MR) is 98.9 cm³/mol. The number of aromatic nitrogens is 4. The first-order chi connectivity index (χ1) is 13.0. The molecule has 1 saturated heterocycles. The summed E-state index contributed by atoms with van der Waals surface area (Å²) in [6.45, 7) is 4.15. The van der Waals surface area contributed by atoms with Crippen LogP contribution in [0.25, 0.3) is 11.2 Å². The van der Waals surface area contributed by atoms with Crippen molar-refractivity contribution in [1.82, 2.24) is 19.5 Å². The largest absolute Gasteiger partial charge is 0.459 e. The Morgan fingerprint density at radius 1 is 1.33 bits per heavy atom. The standard InChI is InChI=1S/C19H21N5O3/c1-11-8-14(9-26-18(25)13-6-4-3-5-7-13)27-17(11)24-10-21-15-12(2)22-19(20)23-16(15)24/h3-7,10-11,14,17H,8-9H2,1-2H3,(H2,20,22,23). The lowest BCUT2D eigenvalue weighted by atomic mass is 10.1. The van der Waals surface area contributed by atoms with Gasteiger partial charge in [-0.15, -0.1) is 0 Å². The van der Waals surface area contributed by atoms with E-state index in [0.717, 1.165) is 12.1 Å². The molecule has 0 aliphatic carbocycles. The number of nitrogens with two attached hydrogens (primary N) is 1. The number of hydrogen-bond acceptors (Lipinski definition) is 7. The number of nitrogens with zero attached hydrogens (tertiary/aromatic N) is 4. The number of ether oxygens (including phenoxy) is 2. The first kappa shape index (κ1) is 17.4. The highest BCUT2D eigenvalue weighted by Gasteiger charge is 2.35. The Kier molecular flexibility index (Phi) is 4.49. The third-order valence-corrected chi connectivity index (χ3v) is 4.75. The van der Waals surface area contributed by atoms with Crippen molar-refractivity contribution in [3.63, 3.8) is 0 Å². The lowest BCUT2D eigenvalue weighted by Gasteiger charge is -2.17. The molecule has 0 bridgehead atoms. The van der Waals surface area contributed by atoms with E-state index < -0.39 is 0 Å². The number of benzene rings is 1. The third-order valence-electron chi connectivity index (χ3n) is 4.75. The summed E-state index contributed by atoms with van der Waals surface area (Å²) in [6.07, 6.45) is 2.04. The van der Waals surface area contributed by atoms with Crippen LogP contribution >= 0.6 is 0 Å². The predicted octanol–water partition coefficient (Wildman–Crippen LogP) is 2.50. The average molecular weight is 367 g/mol. The van der Waals surface area contributed by atoms with Crippen molar-refractivity contribution in [2.75, 3.05) is 12.3 Å². The van der Waals surface area contributed by atoms with Crippen molar-refractivity contribution < 1.29 is 14.3 Å². The van der Waals surface area contributed by atoms with Crippen LogP contribution in [0.5, 0.6) is 0 Å². The van der Waals surface area contributed by atoms with E-state index in [1.165, 1.54) is 0 Å². The van der Waals surface area contributed by atoms with Crippen LogP contribution in [0.2, 0.25) is 0 Å². The maximum absolute atomic E-state index is 12.1. The Bertz CT molecular complexity index is 972. The molecule has 1 aliphatic heterocycles. The highest BCUT2D eigenvalue weighted by molar-refractivity contribution is 5.89. The summed E-state index contributed by atoms with van der Waals surface area (Å²) in [5.41, 5.74) is 8.41. The second-order valence-corrected chi connectivity index (χ2v) is 6.82. The van der Waals surface area contributed by atoms with E-state index in [-0.39, 0.29) is 36.8 Å². The van der Waals surface area contributed by atoms with Crippen molar-refractivity contribution in [3.05, 3.63) is 47.9 Å². The molecule has 3 aromatic rings. The molecular weight excluding hydrogens is 346 g/mol. The van der Waals surface area contributed by atoms with Crippen LogP contribution in [-0.4, -0.2) is 38.2 Å². The van der Waals surface area contributed by atoms with Gasteiger partial charge in [-0.25, -0.2) is 14.8 Å². The van der Waals surface area contributed by atoms with Gasteiger partial charge in [0.1, 0.15) is 18.4 Å². The number of esters is 1. The van der Waals surface area contributed by atoms with Crippen LogP contribution in [-0.2, 0) is 9.47 Å². The normalized spacial score (nSPS) is 22.2. The van der Waals surface area contributed by atoms with E-state index in [4.69, 9.17) is 15.2 Å². The second-order valence-electron chi connectivity index (χ2n) is 6.82. The van der Waals surface area contributed by atoms with E-state index in [1.807, 2.05) is 17.6 Å². The van der Waals surface area contributed by atoms with Gasteiger partial charge in [0.05, 0.1) is 23.7 Å². The summed E-state index contributed by atoms with van der Waals surface area (Å²) >= 11 is 0.